The molecule has 2 heterocycles. The Balaban J connectivity index is 2.13. The average Bonchev–Trinajstić information content (AvgIpc) is 3.00. The van der Waals surface area contributed by atoms with E-state index in [1.165, 1.54) is 6.20 Å². The standard InChI is InChI=1S/C16H25N5O2/c1-4-13(22)8-18-16(23)14-9-19-21-11-12(7-17-15(14)21)10-20(5-2)6-3/h7,9,11,13,22H,4-6,8,10H2,1-3H3,(H,18,23)/t13-/m0/s1. The molecule has 2 N–H and O–H groups in total. The topological polar surface area (TPSA) is 82.8 Å². The maximum Gasteiger partial charge on any atom is 0.256 e. The van der Waals surface area contributed by atoms with Crippen molar-refractivity contribution in [2.75, 3.05) is 19.6 Å². The number of amides is 1. The van der Waals surface area contributed by atoms with Crippen molar-refractivity contribution in [3.8, 4) is 0 Å². The molecule has 0 bridgehead atoms. The highest BCUT2D eigenvalue weighted by atomic mass is 16.3. The highest BCUT2D eigenvalue weighted by Crippen LogP contribution is 2.10. The largest absolute Gasteiger partial charge is 0.391 e. The molecule has 7 heteroatoms. The summed E-state index contributed by atoms with van der Waals surface area (Å²) in [5, 5.41) is 16.5. The van der Waals surface area contributed by atoms with Crippen LogP contribution < -0.4 is 5.32 Å². The summed E-state index contributed by atoms with van der Waals surface area (Å²) in [5.74, 6) is -0.267. The summed E-state index contributed by atoms with van der Waals surface area (Å²) in [6, 6.07) is 0. The predicted molar refractivity (Wildman–Crippen MR) is 88.2 cm³/mol. The molecule has 2 rings (SSSR count). The van der Waals surface area contributed by atoms with Crippen molar-refractivity contribution in [1.29, 1.82) is 0 Å². The zero-order valence-corrected chi connectivity index (χ0v) is 14.0. The summed E-state index contributed by atoms with van der Waals surface area (Å²) in [4.78, 5) is 18.8. The van der Waals surface area contributed by atoms with Crippen LogP contribution in [0.25, 0.3) is 5.65 Å². The summed E-state index contributed by atoms with van der Waals surface area (Å²) >= 11 is 0. The van der Waals surface area contributed by atoms with E-state index >= 15 is 0 Å². The van der Waals surface area contributed by atoms with Gasteiger partial charge in [-0.15, -0.1) is 0 Å². The van der Waals surface area contributed by atoms with Crippen molar-refractivity contribution in [2.24, 2.45) is 0 Å². The molecule has 0 spiro atoms. The first-order valence-electron chi connectivity index (χ1n) is 8.09. The van der Waals surface area contributed by atoms with E-state index in [0.717, 1.165) is 25.2 Å². The van der Waals surface area contributed by atoms with Gasteiger partial charge in [-0.25, -0.2) is 9.50 Å². The Hall–Kier alpha value is -1.99. The summed E-state index contributed by atoms with van der Waals surface area (Å²) in [7, 11) is 0. The normalized spacial score (nSPS) is 12.7. The maximum absolute atomic E-state index is 12.2. The fourth-order valence-corrected chi connectivity index (χ4v) is 2.31. The molecule has 0 aromatic carbocycles. The van der Waals surface area contributed by atoms with Crippen molar-refractivity contribution >= 4 is 11.6 Å². The van der Waals surface area contributed by atoms with Crippen LogP contribution in [0.5, 0.6) is 0 Å². The summed E-state index contributed by atoms with van der Waals surface area (Å²) in [5.41, 5.74) is 2.00. The third-order valence-corrected chi connectivity index (χ3v) is 3.92. The monoisotopic (exact) mass is 319 g/mol. The van der Waals surface area contributed by atoms with Gasteiger partial charge < -0.3 is 10.4 Å². The molecular weight excluding hydrogens is 294 g/mol. The molecule has 0 aliphatic carbocycles. The van der Waals surface area contributed by atoms with Gasteiger partial charge in [0.05, 0.1) is 12.3 Å². The number of nitrogens with one attached hydrogen (secondary N) is 1. The number of aliphatic hydroxyl groups excluding tert-OH is 1. The Morgan fingerprint density at radius 3 is 2.74 bits per heavy atom. The van der Waals surface area contributed by atoms with E-state index in [2.05, 4.69) is 34.1 Å². The fourth-order valence-electron chi connectivity index (χ4n) is 2.31. The minimum absolute atomic E-state index is 0.229. The van der Waals surface area contributed by atoms with Gasteiger partial charge in [0.25, 0.3) is 5.91 Å². The second-order valence-corrected chi connectivity index (χ2v) is 5.52. The van der Waals surface area contributed by atoms with Crippen LogP contribution in [0, 0.1) is 0 Å². The first-order valence-corrected chi connectivity index (χ1v) is 8.09. The lowest BCUT2D eigenvalue weighted by Crippen LogP contribution is -2.31. The third-order valence-electron chi connectivity index (χ3n) is 3.92. The number of carbonyl (C=O) groups is 1. The first kappa shape index (κ1) is 17.4. The second-order valence-electron chi connectivity index (χ2n) is 5.52. The van der Waals surface area contributed by atoms with E-state index in [-0.39, 0.29) is 12.5 Å². The number of rotatable bonds is 8. The summed E-state index contributed by atoms with van der Waals surface area (Å²) in [6.45, 7) is 9.09. The Kier molecular flexibility index (Phi) is 6.06. The predicted octanol–water partition coefficient (Wildman–Crippen LogP) is 1.07. The highest BCUT2D eigenvalue weighted by Gasteiger charge is 2.15. The van der Waals surface area contributed by atoms with Gasteiger partial charge in [0, 0.05) is 31.0 Å². The quantitative estimate of drug-likeness (QED) is 0.760. The number of nitrogens with zero attached hydrogens (tertiary/aromatic N) is 4. The van der Waals surface area contributed by atoms with Crippen LogP contribution in [0.2, 0.25) is 0 Å². The van der Waals surface area contributed by atoms with E-state index in [1.54, 1.807) is 10.7 Å². The first-order chi connectivity index (χ1) is 11.1. The molecule has 7 nitrogen and oxygen atoms in total. The zero-order chi connectivity index (χ0) is 16.8. The number of aliphatic hydroxyl groups is 1. The Bertz CT molecular complexity index is 651. The third kappa shape index (κ3) is 4.27. The van der Waals surface area contributed by atoms with E-state index in [1.807, 2.05) is 13.1 Å². The molecular formula is C16H25N5O2. The lowest BCUT2D eigenvalue weighted by Gasteiger charge is -2.17. The minimum Gasteiger partial charge on any atom is -0.391 e. The molecule has 0 unspecified atom stereocenters. The molecule has 0 aliphatic heterocycles. The van der Waals surface area contributed by atoms with Crippen molar-refractivity contribution in [3.05, 3.63) is 29.7 Å². The van der Waals surface area contributed by atoms with Gasteiger partial charge in [-0.2, -0.15) is 5.10 Å². The smallest absolute Gasteiger partial charge is 0.256 e. The van der Waals surface area contributed by atoms with Crippen LogP contribution >= 0.6 is 0 Å². The van der Waals surface area contributed by atoms with Crippen molar-refractivity contribution in [3.63, 3.8) is 0 Å². The lowest BCUT2D eigenvalue weighted by molar-refractivity contribution is 0.0915. The number of hydrogen-bond donors (Lipinski definition) is 2. The number of aromatic nitrogens is 3. The van der Waals surface area contributed by atoms with Crippen molar-refractivity contribution in [1.82, 2.24) is 24.8 Å². The number of fused-ring (bicyclic) bond motifs is 1. The SMILES string of the molecule is CC[C@H](O)CNC(=O)c1cnn2cc(CN(CC)CC)cnc12. The van der Waals surface area contributed by atoms with Crippen LogP contribution in [-0.4, -0.2) is 56.2 Å². The van der Waals surface area contributed by atoms with Crippen LogP contribution in [0.4, 0.5) is 0 Å². The Morgan fingerprint density at radius 2 is 2.09 bits per heavy atom. The van der Waals surface area contributed by atoms with Crippen molar-refractivity contribution < 1.29 is 9.90 Å². The van der Waals surface area contributed by atoms with E-state index < -0.39 is 6.10 Å². The van der Waals surface area contributed by atoms with Crippen molar-refractivity contribution in [2.45, 2.75) is 39.8 Å². The molecule has 0 radical (unpaired) electrons. The van der Waals surface area contributed by atoms with Crippen LogP contribution in [0.1, 0.15) is 43.1 Å². The molecule has 2 aromatic rings. The molecule has 0 fully saturated rings. The van der Waals surface area contributed by atoms with Gasteiger partial charge in [-0.1, -0.05) is 20.8 Å². The summed E-state index contributed by atoms with van der Waals surface area (Å²) < 4.78 is 1.63. The van der Waals surface area contributed by atoms with E-state index in [0.29, 0.717) is 17.6 Å². The fraction of sp³-hybridized carbons (Fsp3) is 0.562. The zero-order valence-electron chi connectivity index (χ0n) is 14.0. The molecule has 2 aromatic heterocycles. The molecule has 126 valence electrons. The molecule has 0 saturated carbocycles. The van der Waals surface area contributed by atoms with Gasteiger partial charge in [-0.3, -0.25) is 9.69 Å². The minimum atomic E-state index is -0.533. The Morgan fingerprint density at radius 1 is 1.35 bits per heavy atom. The Labute approximate surface area is 136 Å². The van der Waals surface area contributed by atoms with Gasteiger partial charge >= 0.3 is 0 Å². The molecule has 23 heavy (non-hydrogen) atoms. The van der Waals surface area contributed by atoms with Crippen LogP contribution in [-0.2, 0) is 6.54 Å². The van der Waals surface area contributed by atoms with Gasteiger partial charge in [0.1, 0.15) is 5.56 Å². The molecule has 1 amide bonds. The number of hydrogen-bond acceptors (Lipinski definition) is 5. The van der Waals surface area contributed by atoms with Crippen LogP contribution in [0.3, 0.4) is 0 Å². The average molecular weight is 319 g/mol. The van der Waals surface area contributed by atoms with Crippen LogP contribution in [0.15, 0.2) is 18.6 Å². The highest BCUT2D eigenvalue weighted by molar-refractivity contribution is 5.99. The summed E-state index contributed by atoms with van der Waals surface area (Å²) in [6.07, 6.45) is 5.26. The van der Waals surface area contributed by atoms with E-state index in [4.69, 9.17) is 0 Å². The molecule has 0 saturated heterocycles. The lowest BCUT2D eigenvalue weighted by atomic mass is 10.2. The number of carbonyl (C=O) groups excluding carboxylic acids is 1. The maximum atomic E-state index is 12.2. The van der Waals surface area contributed by atoms with E-state index in [9.17, 15) is 9.90 Å². The molecule has 0 aliphatic rings. The van der Waals surface area contributed by atoms with Gasteiger partial charge in [0.2, 0.25) is 0 Å². The molecule has 1 atom stereocenters. The van der Waals surface area contributed by atoms with Gasteiger partial charge in [0.15, 0.2) is 5.65 Å². The van der Waals surface area contributed by atoms with Gasteiger partial charge in [-0.05, 0) is 19.5 Å². The second kappa shape index (κ2) is 8.03.